The first-order valence-electron chi connectivity index (χ1n) is 8.34. The van der Waals surface area contributed by atoms with Crippen molar-refractivity contribution in [2.45, 2.75) is 19.5 Å². The van der Waals surface area contributed by atoms with Crippen LogP contribution in [0, 0.1) is 0 Å². The summed E-state index contributed by atoms with van der Waals surface area (Å²) in [4.78, 5) is 8.16. The average molecular weight is 389 g/mol. The van der Waals surface area contributed by atoms with Gasteiger partial charge in [0, 0.05) is 18.9 Å². The smallest absolute Gasteiger partial charge is 0.404 e. The average Bonchev–Trinajstić information content (AvgIpc) is 3.15. The Hall–Kier alpha value is -3.49. The Morgan fingerprint density at radius 3 is 2.50 bits per heavy atom. The number of nitrogens with zero attached hydrogens (tertiary/aromatic N) is 3. The lowest BCUT2D eigenvalue weighted by molar-refractivity contribution is -0.274. The van der Waals surface area contributed by atoms with Gasteiger partial charge in [-0.25, -0.2) is 9.98 Å². The van der Waals surface area contributed by atoms with Gasteiger partial charge in [-0.15, -0.1) is 13.2 Å². The van der Waals surface area contributed by atoms with Crippen LogP contribution in [-0.2, 0) is 13.1 Å². The number of nitrogens with two attached hydrogens (primary N) is 1. The van der Waals surface area contributed by atoms with Gasteiger partial charge < -0.3 is 20.4 Å². The number of guanidine groups is 1. The molecule has 9 heteroatoms. The van der Waals surface area contributed by atoms with Crippen molar-refractivity contribution in [1.82, 2.24) is 9.55 Å². The Balaban J connectivity index is 1.60. The Morgan fingerprint density at radius 1 is 1.11 bits per heavy atom. The van der Waals surface area contributed by atoms with Gasteiger partial charge in [0.25, 0.3) is 0 Å². The number of halogens is 3. The van der Waals surface area contributed by atoms with Crippen LogP contribution in [0.4, 0.5) is 18.9 Å². The molecule has 0 aliphatic carbocycles. The Morgan fingerprint density at radius 2 is 1.82 bits per heavy atom. The molecular formula is C19H18F3N5O. The summed E-state index contributed by atoms with van der Waals surface area (Å²) < 4.78 is 43.3. The van der Waals surface area contributed by atoms with Crippen molar-refractivity contribution in [2.75, 3.05) is 5.32 Å². The number of hydrogen-bond acceptors (Lipinski definition) is 3. The summed E-state index contributed by atoms with van der Waals surface area (Å²) in [5.74, 6) is -0.391. The second kappa shape index (κ2) is 8.47. The molecule has 0 bridgehead atoms. The van der Waals surface area contributed by atoms with Gasteiger partial charge in [-0.05, 0) is 23.3 Å². The number of benzene rings is 2. The fraction of sp³-hybridized carbons (Fsp3) is 0.158. The zero-order chi connectivity index (χ0) is 20.0. The van der Waals surface area contributed by atoms with E-state index in [1.54, 1.807) is 18.6 Å². The third kappa shape index (κ3) is 5.76. The van der Waals surface area contributed by atoms with Crippen molar-refractivity contribution >= 4 is 11.6 Å². The summed E-state index contributed by atoms with van der Waals surface area (Å²) in [6, 6.07) is 13.4. The zero-order valence-corrected chi connectivity index (χ0v) is 14.7. The lowest BCUT2D eigenvalue weighted by Gasteiger charge is -2.14. The minimum absolute atomic E-state index is 0.0132. The molecule has 0 aliphatic heterocycles. The van der Waals surface area contributed by atoms with E-state index in [-0.39, 0.29) is 23.9 Å². The number of imidazole rings is 1. The molecule has 1 aromatic heterocycles. The van der Waals surface area contributed by atoms with Crippen LogP contribution < -0.4 is 15.8 Å². The summed E-state index contributed by atoms with van der Waals surface area (Å²) in [6.45, 7) is 0.996. The first-order chi connectivity index (χ1) is 13.4. The summed E-state index contributed by atoms with van der Waals surface area (Å²) in [5, 5.41) is 2.64. The molecular weight excluding hydrogens is 371 g/mol. The second-order valence-corrected chi connectivity index (χ2v) is 5.92. The van der Waals surface area contributed by atoms with Gasteiger partial charge in [-0.2, -0.15) is 0 Å². The minimum atomic E-state index is -4.79. The molecule has 146 valence electrons. The third-order valence-corrected chi connectivity index (χ3v) is 3.75. The van der Waals surface area contributed by atoms with Crippen LogP contribution in [0.1, 0.15) is 11.1 Å². The van der Waals surface area contributed by atoms with Crippen LogP contribution in [0.15, 0.2) is 72.2 Å². The van der Waals surface area contributed by atoms with Gasteiger partial charge in [0.15, 0.2) is 11.7 Å². The molecule has 0 amide bonds. The quantitative estimate of drug-likeness (QED) is 0.497. The molecule has 0 fully saturated rings. The summed E-state index contributed by atoms with van der Waals surface area (Å²) in [6.07, 6.45) is 0.550. The largest absolute Gasteiger partial charge is 0.573 e. The van der Waals surface area contributed by atoms with Crippen LogP contribution in [0.3, 0.4) is 0 Å². The third-order valence-electron chi connectivity index (χ3n) is 3.75. The molecule has 0 spiro atoms. The van der Waals surface area contributed by atoms with Gasteiger partial charge in [-0.3, -0.25) is 0 Å². The van der Waals surface area contributed by atoms with Crippen molar-refractivity contribution in [1.29, 1.82) is 0 Å². The van der Waals surface area contributed by atoms with E-state index < -0.39 is 6.36 Å². The number of aromatic nitrogens is 2. The van der Waals surface area contributed by atoms with E-state index in [2.05, 4.69) is 20.0 Å². The van der Waals surface area contributed by atoms with Crippen LogP contribution in [-0.4, -0.2) is 21.9 Å². The molecule has 1 heterocycles. The molecule has 0 saturated carbocycles. The summed E-state index contributed by atoms with van der Waals surface area (Å²) in [5.41, 5.74) is 7.90. The van der Waals surface area contributed by atoms with E-state index in [0.717, 1.165) is 11.1 Å². The predicted molar refractivity (Wildman–Crippen MR) is 99.8 cm³/mol. The highest BCUT2D eigenvalue weighted by atomic mass is 19.4. The molecule has 0 unspecified atom stereocenters. The van der Waals surface area contributed by atoms with E-state index in [9.17, 15) is 13.2 Å². The number of para-hydroxylation sites is 2. The number of ether oxygens (including phenoxy) is 1. The number of aliphatic imine (C=N–C) groups is 1. The maximum absolute atomic E-state index is 12.5. The van der Waals surface area contributed by atoms with Gasteiger partial charge >= 0.3 is 6.36 Å². The molecule has 28 heavy (non-hydrogen) atoms. The van der Waals surface area contributed by atoms with E-state index in [4.69, 9.17) is 5.73 Å². The molecule has 3 N–H and O–H groups in total. The van der Waals surface area contributed by atoms with Gasteiger partial charge in [0.2, 0.25) is 0 Å². The number of rotatable bonds is 6. The standard InChI is InChI=1S/C19H18F3N5O/c20-19(21,22)28-17-4-2-1-3-16(17)26-18(23)25-11-14-5-7-15(8-6-14)12-27-10-9-24-13-27/h1-10,13H,11-12H2,(H3,23,25,26). The SMILES string of the molecule is NC(=NCc1ccc(Cn2ccnc2)cc1)Nc1ccccc1OC(F)(F)F. The highest BCUT2D eigenvalue weighted by Crippen LogP contribution is 2.29. The van der Waals surface area contributed by atoms with Crippen LogP contribution in [0.25, 0.3) is 0 Å². The van der Waals surface area contributed by atoms with Crippen molar-refractivity contribution in [3.63, 3.8) is 0 Å². The maximum Gasteiger partial charge on any atom is 0.573 e. The Kier molecular flexibility index (Phi) is 5.83. The molecule has 6 nitrogen and oxygen atoms in total. The van der Waals surface area contributed by atoms with Gasteiger partial charge in [0.05, 0.1) is 18.6 Å². The maximum atomic E-state index is 12.5. The second-order valence-electron chi connectivity index (χ2n) is 5.92. The van der Waals surface area contributed by atoms with Crippen molar-refractivity contribution in [3.8, 4) is 5.75 Å². The molecule has 0 radical (unpaired) electrons. The minimum Gasteiger partial charge on any atom is -0.404 e. The molecule has 0 aliphatic rings. The van der Waals surface area contributed by atoms with E-state index in [1.165, 1.54) is 18.2 Å². The van der Waals surface area contributed by atoms with Crippen molar-refractivity contribution in [3.05, 3.63) is 78.4 Å². The monoisotopic (exact) mass is 389 g/mol. The topological polar surface area (TPSA) is 77.5 Å². The zero-order valence-electron chi connectivity index (χ0n) is 14.7. The van der Waals surface area contributed by atoms with Crippen molar-refractivity contribution < 1.29 is 17.9 Å². The fourth-order valence-electron chi connectivity index (χ4n) is 2.48. The lowest BCUT2D eigenvalue weighted by atomic mass is 10.1. The van der Waals surface area contributed by atoms with E-state index in [0.29, 0.717) is 6.54 Å². The Labute approximate surface area is 159 Å². The number of hydrogen-bond donors (Lipinski definition) is 2. The first-order valence-corrected chi connectivity index (χ1v) is 8.34. The molecule has 0 atom stereocenters. The summed E-state index contributed by atoms with van der Waals surface area (Å²) in [7, 11) is 0. The van der Waals surface area contributed by atoms with E-state index in [1.807, 2.05) is 35.0 Å². The highest BCUT2D eigenvalue weighted by molar-refractivity contribution is 5.93. The fourth-order valence-corrected chi connectivity index (χ4v) is 2.48. The molecule has 3 rings (SSSR count). The summed E-state index contributed by atoms with van der Waals surface area (Å²) >= 11 is 0. The van der Waals surface area contributed by atoms with Crippen LogP contribution >= 0.6 is 0 Å². The lowest BCUT2D eigenvalue weighted by Crippen LogP contribution is -2.24. The first kappa shape index (κ1) is 19.3. The molecule has 0 saturated heterocycles. The predicted octanol–water partition coefficient (Wildman–Crippen LogP) is 3.76. The van der Waals surface area contributed by atoms with Gasteiger partial charge in [0.1, 0.15) is 0 Å². The van der Waals surface area contributed by atoms with Crippen molar-refractivity contribution in [2.24, 2.45) is 10.7 Å². The number of nitrogens with one attached hydrogen (secondary N) is 1. The number of alkyl halides is 3. The molecule has 3 aromatic rings. The number of anilines is 1. The van der Waals surface area contributed by atoms with Crippen LogP contribution in [0.5, 0.6) is 5.75 Å². The normalized spacial score (nSPS) is 12.0. The van der Waals surface area contributed by atoms with Crippen LogP contribution in [0.2, 0.25) is 0 Å². The molecule has 2 aromatic carbocycles. The van der Waals surface area contributed by atoms with Gasteiger partial charge in [-0.1, -0.05) is 36.4 Å². The van der Waals surface area contributed by atoms with E-state index >= 15 is 0 Å². The Bertz CT molecular complexity index is 921. The highest BCUT2D eigenvalue weighted by Gasteiger charge is 2.32.